The summed E-state index contributed by atoms with van der Waals surface area (Å²) >= 11 is 0. The maximum absolute atomic E-state index is 4.33. The Balaban J connectivity index is 0.000001000. The Labute approximate surface area is 81.2 Å². The molecule has 0 radical (unpaired) electrons. The van der Waals surface area contributed by atoms with Crippen LogP contribution in [-0.4, -0.2) is 24.8 Å². The van der Waals surface area contributed by atoms with E-state index in [-0.39, 0.29) is 18.9 Å². The molecule has 3 heteroatoms. The molecule has 0 amide bonds. The summed E-state index contributed by atoms with van der Waals surface area (Å²) < 4.78 is 0. The Bertz CT molecular complexity index is 124. The molecule has 0 atom stereocenters. The monoisotopic (exact) mass is 146 g/mol. The average molecular weight is 146 g/mol. The van der Waals surface area contributed by atoms with Crippen LogP contribution < -0.4 is 18.9 Å². The Morgan fingerprint density at radius 1 is 1.36 bits per heavy atom. The van der Waals surface area contributed by atoms with Gasteiger partial charge in [0.15, 0.2) is 0 Å². The fourth-order valence-electron chi connectivity index (χ4n) is 1.17. The molecule has 2 nitrogen and oxygen atoms in total. The fourth-order valence-corrected chi connectivity index (χ4v) is 1.17. The van der Waals surface area contributed by atoms with Gasteiger partial charge in [-0.25, -0.2) is 5.10 Å². The van der Waals surface area contributed by atoms with Gasteiger partial charge in [0.25, 0.3) is 0 Å². The van der Waals surface area contributed by atoms with Crippen molar-refractivity contribution in [2.24, 2.45) is 5.10 Å². The molecule has 1 fully saturated rings. The standard InChI is InChI=1S/C8H15N2.Li/c1-10(2)9-8-6-4-3-5-7-8;/h6H,3-5,7H2,1-2H3;/q-1;+1. The van der Waals surface area contributed by atoms with Gasteiger partial charge in [0.2, 0.25) is 0 Å². The van der Waals surface area contributed by atoms with Crippen molar-refractivity contribution in [2.45, 2.75) is 25.7 Å². The third-order valence-corrected chi connectivity index (χ3v) is 1.60. The Morgan fingerprint density at radius 3 is 2.55 bits per heavy atom. The van der Waals surface area contributed by atoms with Crippen LogP contribution in [0.2, 0.25) is 0 Å². The van der Waals surface area contributed by atoms with Crippen LogP contribution in [-0.2, 0) is 0 Å². The number of hydrogen-bond acceptors (Lipinski definition) is 2. The second-order valence-electron chi connectivity index (χ2n) is 2.89. The zero-order valence-electron chi connectivity index (χ0n) is 7.80. The maximum Gasteiger partial charge on any atom is 1.00 e. The summed E-state index contributed by atoms with van der Waals surface area (Å²) in [5.74, 6) is 0. The van der Waals surface area contributed by atoms with E-state index in [2.05, 4.69) is 11.5 Å². The van der Waals surface area contributed by atoms with Crippen LogP contribution in [0.3, 0.4) is 0 Å². The summed E-state index contributed by atoms with van der Waals surface area (Å²) in [7, 11) is 3.94. The van der Waals surface area contributed by atoms with E-state index < -0.39 is 0 Å². The molecule has 1 saturated carbocycles. The SMILES string of the molecule is CN(C)N=C1[CH-]CCCC1.[Li+]. The van der Waals surface area contributed by atoms with Crippen molar-refractivity contribution < 1.29 is 18.9 Å². The predicted molar refractivity (Wildman–Crippen MR) is 43.9 cm³/mol. The van der Waals surface area contributed by atoms with Crippen LogP contribution in [0, 0.1) is 6.42 Å². The molecule has 1 rings (SSSR count). The van der Waals surface area contributed by atoms with Crippen molar-refractivity contribution >= 4 is 5.71 Å². The van der Waals surface area contributed by atoms with Crippen molar-refractivity contribution in [3.8, 4) is 0 Å². The number of nitrogens with zero attached hydrogens (tertiary/aromatic N) is 2. The van der Waals surface area contributed by atoms with Gasteiger partial charge in [0.1, 0.15) is 0 Å². The van der Waals surface area contributed by atoms with E-state index in [1.165, 1.54) is 25.0 Å². The largest absolute Gasteiger partial charge is 1.00 e. The van der Waals surface area contributed by atoms with Crippen molar-refractivity contribution in [2.75, 3.05) is 14.1 Å². The quantitative estimate of drug-likeness (QED) is 0.255. The minimum Gasteiger partial charge on any atom is -0.344 e. The van der Waals surface area contributed by atoms with Gasteiger partial charge in [-0.15, -0.1) is 0 Å². The van der Waals surface area contributed by atoms with E-state index in [9.17, 15) is 0 Å². The van der Waals surface area contributed by atoms with E-state index in [0.717, 1.165) is 6.42 Å². The van der Waals surface area contributed by atoms with E-state index in [1.54, 1.807) is 0 Å². The predicted octanol–water partition coefficient (Wildman–Crippen LogP) is -1.31. The number of rotatable bonds is 1. The molecule has 58 valence electrons. The van der Waals surface area contributed by atoms with Crippen molar-refractivity contribution in [3.63, 3.8) is 0 Å². The van der Waals surface area contributed by atoms with Crippen molar-refractivity contribution in [1.82, 2.24) is 5.01 Å². The molecule has 0 N–H and O–H groups in total. The van der Waals surface area contributed by atoms with E-state index in [0.29, 0.717) is 0 Å². The second-order valence-corrected chi connectivity index (χ2v) is 2.89. The van der Waals surface area contributed by atoms with Gasteiger partial charge < -0.3 is 11.4 Å². The first-order valence-electron chi connectivity index (χ1n) is 3.87. The first kappa shape index (κ1) is 10.9. The zero-order chi connectivity index (χ0) is 7.40. The first-order valence-corrected chi connectivity index (χ1v) is 3.87. The molecule has 0 aromatic heterocycles. The topological polar surface area (TPSA) is 15.6 Å². The Morgan fingerprint density at radius 2 is 2.09 bits per heavy atom. The molecule has 11 heavy (non-hydrogen) atoms. The van der Waals surface area contributed by atoms with Gasteiger partial charge in [-0.05, 0) is 6.42 Å². The molecule has 0 aliphatic heterocycles. The van der Waals surface area contributed by atoms with E-state index in [1.807, 2.05) is 19.1 Å². The third-order valence-electron chi connectivity index (χ3n) is 1.60. The van der Waals surface area contributed by atoms with Crippen LogP contribution in [0.1, 0.15) is 25.7 Å². The summed E-state index contributed by atoms with van der Waals surface area (Å²) in [6, 6.07) is 0. The molecule has 1 aliphatic rings. The minimum absolute atomic E-state index is 0. The van der Waals surface area contributed by atoms with Gasteiger partial charge >= 0.3 is 18.9 Å². The average Bonchev–Trinajstić information content (AvgIpc) is 1.88. The van der Waals surface area contributed by atoms with Crippen molar-refractivity contribution in [1.29, 1.82) is 0 Å². The van der Waals surface area contributed by atoms with E-state index >= 15 is 0 Å². The Hall–Kier alpha value is -0.0626. The smallest absolute Gasteiger partial charge is 0.344 e. The van der Waals surface area contributed by atoms with E-state index in [4.69, 9.17) is 0 Å². The summed E-state index contributed by atoms with van der Waals surface area (Å²) in [5.41, 5.74) is 1.26. The fraction of sp³-hybridized carbons (Fsp3) is 0.750. The molecule has 0 heterocycles. The van der Waals surface area contributed by atoms with Gasteiger partial charge in [0, 0.05) is 14.1 Å². The molecule has 0 unspecified atom stereocenters. The summed E-state index contributed by atoms with van der Waals surface area (Å²) in [6.45, 7) is 0. The molecular formula is C8H15LiN2. The minimum atomic E-state index is 0. The molecule has 1 aliphatic carbocycles. The Kier molecular flexibility index (Phi) is 5.54. The van der Waals surface area contributed by atoms with Crippen LogP contribution in [0.4, 0.5) is 0 Å². The molecule has 0 aromatic carbocycles. The van der Waals surface area contributed by atoms with Crippen LogP contribution >= 0.6 is 0 Å². The second kappa shape index (κ2) is 5.57. The van der Waals surface area contributed by atoms with Gasteiger partial charge in [-0.1, -0.05) is 18.6 Å². The zero-order valence-corrected chi connectivity index (χ0v) is 7.80. The summed E-state index contributed by atoms with van der Waals surface area (Å²) in [5, 5.41) is 6.20. The van der Waals surface area contributed by atoms with Gasteiger partial charge in [-0.2, -0.15) is 6.42 Å². The molecule has 0 saturated heterocycles. The molecule has 0 spiro atoms. The molecular weight excluding hydrogens is 131 g/mol. The normalized spacial score (nSPS) is 20.4. The number of hydrazone groups is 1. The molecule has 0 bridgehead atoms. The van der Waals surface area contributed by atoms with Crippen molar-refractivity contribution in [3.05, 3.63) is 6.42 Å². The summed E-state index contributed by atoms with van der Waals surface area (Å²) in [4.78, 5) is 0. The van der Waals surface area contributed by atoms with Crippen LogP contribution in [0.25, 0.3) is 0 Å². The van der Waals surface area contributed by atoms with Gasteiger partial charge in [-0.3, -0.25) is 0 Å². The molecule has 0 aromatic rings. The number of hydrogen-bond donors (Lipinski definition) is 0. The third kappa shape index (κ3) is 4.39. The van der Waals surface area contributed by atoms with Gasteiger partial charge in [0.05, 0.1) is 0 Å². The first-order chi connectivity index (χ1) is 4.79. The van der Waals surface area contributed by atoms with Crippen LogP contribution in [0.15, 0.2) is 5.10 Å². The van der Waals surface area contributed by atoms with Crippen LogP contribution in [0.5, 0.6) is 0 Å². The maximum atomic E-state index is 4.33. The summed E-state index contributed by atoms with van der Waals surface area (Å²) in [6.07, 6.45) is 7.27.